The molecule has 2 heterocycles. The van der Waals surface area contributed by atoms with Crippen LogP contribution in [0.4, 0.5) is 13.2 Å². The number of rotatable bonds is 5. The number of aromatic amines is 1. The number of carbonyl (C=O) groups excluding carboxylic acids is 1. The fourth-order valence-corrected chi connectivity index (χ4v) is 6.85. The molecule has 228 valence electrons. The number of aryl methyl sites for hydroxylation is 1. The molecule has 2 saturated carbocycles. The summed E-state index contributed by atoms with van der Waals surface area (Å²) in [5, 5.41) is 10.7. The summed E-state index contributed by atoms with van der Waals surface area (Å²) < 4.78 is 39.6. The van der Waals surface area contributed by atoms with Crippen LogP contribution in [0.25, 0.3) is 0 Å². The number of hydrogen-bond acceptors (Lipinski definition) is 4. The van der Waals surface area contributed by atoms with Gasteiger partial charge in [-0.3, -0.25) is 9.59 Å². The van der Waals surface area contributed by atoms with Crippen LogP contribution in [0.2, 0.25) is 0 Å². The largest absolute Gasteiger partial charge is 0.416 e. The van der Waals surface area contributed by atoms with E-state index in [-0.39, 0.29) is 29.6 Å². The first kappa shape index (κ1) is 29.6. The maximum Gasteiger partial charge on any atom is 0.416 e. The van der Waals surface area contributed by atoms with Gasteiger partial charge in [-0.25, -0.2) is 4.98 Å². The summed E-state index contributed by atoms with van der Waals surface area (Å²) in [6, 6.07) is 12.9. The molecule has 6 nitrogen and oxygen atoms in total. The van der Waals surface area contributed by atoms with Crippen LogP contribution in [0.1, 0.15) is 110 Å². The van der Waals surface area contributed by atoms with Gasteiger partial charge in [0.25, 0.3) is 11.5 Å². The number of aliphatic hydroxyl groups excluding tert-OH is 1. The number of carbonyl (C=O) groups is 1. The average molecular weight is 594 g/mol. The first-order valence-corrected chi connectivity index (χ1v) is 15.2. The minimum absolute atomic E-state index is 0.0622. The molecule has 2 aromatic carbocycles. The normalized spacial score (nSPS) is 20.7. The molecule has 1 unspecified atom stereocenters. The third kappa shape index (κ3) is 5.88. The Labute approximate surface area is 249 Å². The maximum atomic E-state index is 13.5. The fraction of sp³-hybridized carbons (Fsp3) is 0.500. The van der Waals surface area contributed by atoms with Gasteiger partial charge in [-0.05, 0) is 91.5 Å². The van der Waals surface area contributed by atoms with Crippen molar-refractivity contribution in [1.82, 2.24) is 14.9 Å². The Kier molecular flexibility index (Phi) is 7.51. The number of nitrogens with zero attached hydrogens (tertiary/aromatic N) is 2. The number of aliphatic hydroxyl groups is 1. The van der Waals surface area contributed by atoms with Crippen LogP contribution in [0.5, 0.6) is 0 Å². The van der Waals surface area contributed by atoms with Crippen LogP contribution in [0.3, 0.4) is 0 Å². The summed E-state index contributed by atoms with van der Waals surface area (Å²) in [4.78, 5) is 36.0. The number of hydrogen-bond donors (Lipinski definition) is 2. The molecule has 3 aliphatic rings. The molecule has 1 aromatic heterocycles. The Hall–Kier alpha value is -3.46. The average Bonchev–Trinajstić information content (AvgIpc) is 3.81. The van der Waals surface area contributed by atoms with Gasteiger partial charge in [0.2, 0.25) is 0 Å². The zero-order valence-corrected chi connectivity index (χ0v) is 24.6. The van der Waals surface area contributed by atoms with Crippen molar-refractivity contribution in [3.63, 3.8) is 0 Å². The van der Waals surface area contributed by atoms with E-state index in [0.29, 0.717) is 41.3 Å². The summed E-state index contributed by atoms with van der Waals surface area (Å²) in [5.74, 6) is 0.455. The van der Waals surface area contributed by atoms with Crippen molar-refractivity contribution in [2.45, 2.75) is 95.4 Å². The van der Waals surface area contributed by atoms with Crippen LogP contribution in [0, 0.1) is 5.41 Å². The molecule has 1 aliphatic heterocycles. The molecular formula is C34H38F3N3O3. The predicted molar refractivity (Wildman–Crippen MR) is 156 cm³/mol. The number of alkyl halides is 3. The lowest BCUT2D eigenvalue weighted by Crippen LogP contribution is -2.36. The van der Waals surface area contributed by atoms with E-state index in [4.69, 9.17) is 4.98 Å². The number of H-pyrrole nitrogens is 1. The highest BCUT2D eigenvalue weighted by molar-refractivity contribution is 5.82. The number of nitrogens with one attached hydrogen (secondary N) is 1. The van der Waals surface area contributed by atoms with E-state index in [9.17, 15) is 27.9 Å². The highest BCUT2D eigenvalue weighted by Gasteiger charge is 2.49. The van der Waals surface area contributed by atoms with Gasteiger partial charge < -0.3 is 15.0 Å². The summed E-state index contributed by atoms with van der Waals surface area (Å²) in [6.07, 6.45) is 1.20. The molecule has 1 atom stereocenters. The van der Waals surface area contributed by atoms with Gasteiger partial charge in [0, 0.05) is 6.54 Å². The summed E-state index contributed by atoms with van der Waals surface area (Å²) >= 11 is 0. The van der Waals surface area contributed by atoms with Crippen molar-refractivity contribution in [1.29, 1.82) is 0 Å². The number of aromatic nitrogens is 2. The van der Waals surface area contributed by atoms with Crippen LogP contribution >= 0.6 is 0 Å². The minimum Gasteiger partial charge on any atom is -0.378 e. The Morgan fingerprint density at radius 2 is 1.79 bits per heavy atom. The third-order valence-electron chi connectivity index (χ3n) is 9.82. The second kappa shape index (κ2) is 10.9. The zero-order valence-electron chi connectivity index (χ0n) is 24.6. The molecule has 43 heavy (non-hydrogen) atoms. The van der Waals surface area contributed by atoms with Crippen LogP contribution in [0.15, 0.2) is 53.3 Å². The molecule has 0 saturated heterocycles. The molecule has 2 fully saturated rings. The molecule has 2 N–H and O–H groups in total. The number of fused-ring (bicyclic) bond motifs is 1. The number of amides is 1. The van der Waals surface area contributed by atoms with Crippen LogP contribution in [-0.2, 0) is 29.4 Å². The lowest BCUT2D eigenvalue weighted by molar-refractivity contribution is -0.142. The zero-order chi connectivity index (χ0) is 30.6. The van der Waals surface area contributed by atoms with Crippen LogP contribution < -0.4 is 5.56 Å². The maximum absolute atomic E-state index is 13.5. The van der Waals surface area contributed by atoms with E-state index in [0.717, 1.165) is 25.0 Å². The lowest BCUT2D eigenvalue weighted by Gasteiger charge is -2.34. The van der Waals surface area contributed by atoms with Crippen molar-refractivity contribution in [2.75, 3.05) is 6.54 Å². The van der Waals surface area contributed by atoms with Gasteiger partial charge in [-0.1, -0.05) is 50.2 Å². The molecule has 6 rings (SSSR count). The SMILES string of the molecule is CC1(C)CCC(c2cccc(C3(c4nc5c(c(=O)[nH]4)CN(C(=O)C(O)c4cccc(C(F)(F)F)c4)CCC5)CC3)c2)CC1. The van der Waals surface area contributed by atoms with Gasteiger partial charge in [-0.2, -0.15) is 13.2 Å². The first-order valence-electron chi connectivity index (χ1n) is 15.2. The van der Waals surface area contributed by atoms with Crippen molar-refractivity contribution < 1.29 is 23.1 Å². The number of halogens is 3. The Bertz CT molecular complexity index is 1580. The van der Waals surface area contributed by atoms with E-state index in [1.165, 1.54) is 53.8 Å². The highest BCUT2D eigenvalue weighted by Crippen LogP contribution is 2.53. The second-order valence-electron chi connectivity index (χ2n) is 13.4. The van der Waals surface area contributed by atoms with Gasteiger partial charge in [0.1, 0.15) is 5.82 Å². The fourth-order valence-electron chi connectivity index (χ4n) is 6.85. The van der Waals surface area contributed by atoms with Crippen LogP contribution in [-0.4, -0.2) is 32.4 Å². The standard InChI is InChI=1S/C34H38F3N3O3/c1-32(2)13-11-21(12-14-32)22-6-3-8-24(18-22)33(15-16-33)31-38-27-10-5-17-40(20-26(27)29(42)39-31)30(43)28(41)23-7-4-9-25(19-23)34(35,36)37/h3-4,6-9,18-19,21,28,41H,5,10-17,20H2,1-2H3,(H,38,39,42). The Morgan fingerprint density at radius 3 is 2.49 bits per heavy atom. The first-order chi connectivity index (χ1) is 20.4. The van der Waals surface area contributed by atoms with E-state index in [2.05, 4.69) is 43.1 Å². The van der Waals surface area contributed by atoms with E-state index < -0.39 is 23.8 Å². The van der Waals surface area contributed by atoms with Crippen molar-refractivity contribution in [2.24, 2.45) is 5.41 Å². The van der Waals surface area contributed by atoms with Crippen molar-refractivity contribution >= 4 is 5.91 Å². The van der Waals surface area contributed by atoms with E-state index in [1.54, 1.807) is 0 Å². The molecule has 9 heteroatoms. The molecule has 0 spiro atoms. The molecular weight excluding hydrogens is 555 g/mol. The van der Waals surface area contributed by atoms with Crippen molar-refractivity contribution in [3.8, 4) is 0 Å². The molecule has 0 bridgehead atoms. The summed E-state index contributed by atoms with van der Waals surface area (Å²) in [6.45, 7) is 4.87. The molecule has 2 aliphatic carbocycles. The molecule has 0 radical (unpaired) electrons. The molecule has 1 amide bonds. The van der Waals surface area contributed by atoms with Gasteiger partial charge in [0.05, 0.1) is 28.8 Å². The molecule has 3 aromatic rings. The number of benzene rings is 2. The lowest BCUT2D eigenvalue weighted by atomic mass is 9.71. The third-order valence-corrected chi connectivity index (χ3v) is 9.82. The van der Waals surface area contributed by atoms with Gasteiger partial charge in [-0.15, -0.1) is 0 Å². The quantitative estimate of drug-likeness (QED) is 0.351. The highest BCUT2D eigenvalue weighted by atomic mass is 19.4. The Balaban J connectivity index is 1.23. The smallest absolute Gasteiger partial charge is 0.378 e. The Morgan fingerprint density at radius 1 is 1.07 bits per heavy atom. The van der Waals surface area contributed by atoms with Crippen molar-refractivity contribution in [3.05, 3.63) is 98.2 Å². The van der Waals surface area contributed by atoms with Gasteiger partial charge >= 0.3 is 6.18 Å². The minimum atomic E-state index is -4.59. The van der Waals surface area contributed by atoms with E-state index >= 15 is 0 Å². The monoisotopic (exact) mass is 593 g/mol. The van der Waals surface area contributed by atoms with E-state index in [1.807, 2.05) is 0 Å². The summed E-state index contributed by atoms with van der Waals surface area (Å²) in [5.41, 5.74) is 2.20. The topological polar surface area (TPSA) is 86.3 Å². The van der Waals surface area contributed by atoms with Gasteiger partial charge in [0.15, 0.2) is 6.10 Å². The predicted octanol–water partition coefficient (Wildman–Crippen LogP) is 6.56. The summed E-state index contributed by atoms with van der Waals surface area (Å²) in [7, 11) is 0. The second-order valence-corrected chi connectivity index (χ2v) is 13.4.